The standard InChI is InChI=1S/C13H25N3O3/c1-4-10(2)12(14)13(18)16-6-5-15(7-8-19-3)11(17)9-16/h10,12H,4-9,14H2,1-3H3. The Morgan fingerprint density at radius 3 is 2.68 bits per heavy atom. The van der Waals surface area contributed by atoms with Crippen molar-refractivity contribution in [2.75, 3.05) is 39.9 Å². The molecule has 0 aromatic heterocycles. The molecule has 0 aromatic rings. The van der Waals surface area contributed by atoms with Crippen LogP contribution in [0.25, 0.3) is 0 Å². The molecule has 110 valence electrons. The average Bonchev–Trinajstić information content (AvgIpc) is 2.43. The monoisotopic (exact) mass is 271 g/mol. The third-order valence-corrected chi connectivity index (χ3v) is 3.74. The largest absolute Gasteiger partial charge is 0.383 e. The fourth-order valence-corrected chi connectivity index (χ4v) is 2.04. The average molecular weight is 271 g/mol. The van der Waals surface area contributed by atoms with E-state index in [1.165, 1.54) is 0 Å². The molecule has 0 aliphatic carbocycles. The summed E-state index contributed by atoms with van der Waals surface area (Å²) in [7, 11) is 1.61. The molecule has 2 atom stereocenters. The number of rotatable bonds is 6. The van der Waals surface area contributed by atoms with Crippen molar-refractivity contribution in [2.24, 2.45) is 11.7 Å². The maximum Gasteiger partial charge on any atom is 0.242 e. The number of piperazine rings is 1. The maximum absolute atomic E-state index is 12.2. The molecule has 1 fully saturated rings. The van der Waals surface area contributed by atoms with Crippen molar-refractivity contribution in [2.45, 2.75) is 26.3 Å². The molecule has 1 saturated heterocycles. The van der Waals surface area contributed by atoms with Gasteiger partial charge in [-0.2, -0.15) is 0 Å². The molecule has 1 rings (SSSR count). The predicted octanol–water partition coefficient (Wildman–Crippen LogP) is -0.323. The molecular formula is C13H25N3O3. The minimum absolute atomic E-state index is 0.0343. The van der Waals surface area contributed by atoms with Crippen molar-refractivity contribution in [3.8, 4) is 0 Å². The lowest BCUT2D eigenvalue weighted by atomic mass is 9.98. The van der Waals surface area contributed by atoms with Crippen LogP contribution in [-0.4, -0.2) is 67.6 Å². The van der Waals surface area contributed by atoms with Crippen molar-refractivity contribution >= 4 is 11.8 Å². The van der Waals surface area contributed by atoms with Gasteiger partial charge in [-0.1, -0.05) is 20.3 Å². The first-order chi connectivity index (χ1) is 9.01. The number of hydrogen-bond donors (Lipinski definition) is 1. The molecule has 0 bridgehead atoms. The Labute approximate surface area is 114 Å². The molecule has 2 unspecified atom stereocenters. The molecule has 0 aromatic carbocycles. The Morgan fingerprint density at radius 1 is 1.47 bits per heavy atom. The summed E-state index contributed by atoms with van der Waals surface area (Å²) < 4.78 is 4.96. The number of carbonyl (C=O) groups excluding carboxylic acids is 2. The van der Waals surface area contributed by atoms with Crippen molar-refractivity contribution in [3.05, 3.63) is 0 Å². The molecule has 1 aliphatic rings. The van der Waals surface area contributed by atoms with E-state index in [2.05, 4.69) is 0 Å². The minimum atomic E-state index is -0.511. The van der Waals surface area contributed by atoms with Crippen molar-refractivity contribution in [1.82, 2.24) is 9.80 Å². The quantitative estimate of drug-likeness (QED) is 0.718. The molecule has 19 heavy (non-hydrogen) atoms. The lowest BCUT2D eigenvalue weighted by Gasteiger charge is -2.36. The van der Waals surface area contributed by atoms with E-state index in [0.29, 0.717) is 26.2 Å². The molecule has 0 radical (unpaired) electrons. The molecule has 2 N–H and O–H groups in total. The van der Waals surface area contributed by atoms with E-state index in [-0.39, 0.29) is 24.3 Å². The van der Waals surface area contributed by atoms with Crippen LogP contribution in [0.3, 0.4) is 0 Å². The lowest BCUT2D eigenvalue weighted by molar-refractivity contribution is -0.146. The van der Waals surface area contributed by atoms with Gasteiger partial charge in [-0.25, -0.2) is 0 Å². The van der Waals surface area contributed by atoms with Gasteiger partial charge in [0.2, 0.25) is 11.8 Å². The van der Waals surface area contributed by atoms with Gasteiger partial charge in [-0.05, 0) is 5.92 Å². The van der Waals surface area contributed by atoms with Crippen LogP contribution in [-0.2, 0) is 14.3 Å². The van der Waals surface area contributed by atoms with Gasteiger partial charge in [0.15, 0.2) is 0 Å². The van der Waals surface area contributed by atoms with Crippen LogP contribution >= 0.6 is 0 Å². The third kappa shape index (κ3) is 4.18. The van der Waals surface area contributed by atoms with Crippen molar-refractivity contribution in [1.29, 1.82) is 0 Å². The summed E-state index contributed by atoms with van der Waals surface area (Å²) in [5, 5.41) is 0. The smallest absolute Gasteiger partial charge is 0.242 e. The lowest BCUT2D eigenvalue weighted by Crippen LogP contribution is -2.57. The summed E-state index contributed by atoms with van der Waals surface area (Å²) in [4.78, 5) is 27.4. The predicted molar refractivity (Wildman–Crippen MR) is 72.5 cm³/mol. The second-order valence-corrected chi connectivity index (χ2v) is 5.04. The number of nitrogens with zero attached hydrogens (tertiary/aromatic N) is 2. The van der Waals surface area contributed by atoms with Crippen LogP contribution in [0.5, 0.6) is 0 Å². The molecule has 0 saturated carbocycles. The fourth-order valence-electron chi connectivity index (χ4n) is 2.04. The van der Waals surface area contributed by atoms with Crippen LogP contribution in [0, 0.1) is 5.92 Å². The van der Waals surface area contributed by atoms with Gasteiger partial charge in [0.1, 0.15) is 0 Å². The SMILES string of the molecule is CCC(C)C(N)C(=O)N1CCN(CCOC)C(=O)C1. The van der Waals surface area contributed by atoms with Crippen LogP contribution in [0.15, 0.2) is 0 Å². The molecule has 0 spiro atoms. The van der Waals surface area contributed by atoms with Gasteiger partial charge >= 0.3 is 0 Å². The first-order valence-electron chi connectivity index (χ1n) is 6.82. The van der Waals surface area contributed by atoms with Crippen molar-refractivity contribution in [3.63, 3.8) is 0 Å². The van der Waals surface area contributed by atoms with E-state index in [1.807, 2.05) is 13.8 Å². The van der Waals surface area contributed by atoms with E-state index in [0.717, 1.165) is 6.42 Å². The van der Waals surface area contributed by atoms with Crippen LogP contribution in [0.1, 0.15) is 20.3 Å². The Balaban J connectivity index is 2.51. The Bertz CT molecular complexity index is 322. The highest BCUT2D eigenvalue weighted by Gasteiger charge is 2.31. The maximum atomic E-state index is 12.2. The van der Waals surface area contributed by atoms with Gasteiger partial charge < -0.3 is 20.3 Å². The van der Waals surface area contributed by atoms with Crippen LogP contribution in [0.4, 0.5) is 0 Å². The Morgan fingerprint density at radius 2 is 2.16 bits per heavy atom. The Hall–Kier alpha value is -1.14. The molecule has 2 amide bonds. The third-order valence-electron chi connectivity index (χ3n) is 3.74. The van der Waals surface area contributed by atoms with Gasteiger partial charge in [0.25, 0.3) is 0 Å². The van der Waals surface area contributed by atoms with Crippen LogP contribution < -0.4 is 5.73 Å². The number of amides is 2. The molecular weight excluding hydrogens is 246 g/mol. The highest BCUT2D eigenvalue weighted by atomic mass is 16.5. The van der Waals surface area contributed by atoms with Gasteiger partial charge in [-0.15, -0.1) is 0 Å². The molecule has 6 nitrogen and oxygen atoms in total. The van der Waals surface area contributed by atoms with Crippen molar-refractivity contribution < 1.29 is 14.3 Å². The second-order valence-electron chi connectivity index (χ2n) is 5.04. The summed E-state index contributed by atoms with van der Waals surface area (Å²) in [5.74, 6) is -0.0174. The van der Waals surface area contributed by atoms with Crippen LogP contribution in [0.2, 0.25) is 0 Å². The highest BCUT2D eigenvalue weighted by Crippen LogP contribution is 2.11. The molecule has 1 aliphatic heterocycles. The summed E-state index contributed by atoms with van der Waals surface area (Å²) >= 11 is 0. The first kappa shape index (κ1) is 15.9. The zero-order chi connectivity index (χ0) is 14.4. The Kier molecular flexibility index (Phi) is 6.24. The second kappa shape index (κ2) is 7.45. The zero-order valence-corrected chi connectivity index (χ0v) is 12.1. The van der Waals surface area contributed by atoms with Gasteiger partial charge in [0, 0.05) is 26.7 Å². The topological polar surface area (TPSA) is 75.9 Å². The zero-order valence-electron chi connectivity index (χ0n) is 12.1. The fraction of sp³-hybridized carbons (Fsp3) is 0.846. The minimum Gasteiger partial charge on any atom is -0.383 e. The summed E-state index contributed by atoms with van der Waals surface area (Å²) in [6, 6.07) is -0.511. The molecule has 6 heteroatoms. The molecule has 1 heterocycles. The summed E-state index contributed by atoms with van der Waals surface area (Å²) in [5.41, 5.74) is 5.93. The number of methoxy groups -OCH3 is 1. The number of nitrogens with two attached hydrogens (primary N) is 1. The number of hydrogen-bond acceptors (Lipinski definition) is 4. The number of carbonyl (C=O) groups is 2. The summed E-state index contributed by atoms with van der Waals surface area (Å²) in [6.45, 7) is 6.30. The van der Waals surface area contributed by atoms with E-state index in [1.54, 1.807) is 16.9 Å². The van der Waals surface area contributed by atoms with E-state index >= 15 is 0 Å². The normalized spacial score (nSPS) is 19.5. The first-order valence-corrected chi connectivity index (χ1v) is 6.82. The highest BCUT2D eigenvalue weighted by molar-refractivity contribution is 5.88. The van der Waals surface area contributed by atoms with Gasteiger partial charge in [0.05, 0.1) is 19.2 Å². The van der Waals surface area contributed by atoms with E-state index in [9.17, 15) is 9.59 Å². The summed E-state index contributed by atoms with van der Waals surface area (Å²) in [6.07, 6.45) is 0.856. The van der Waals surface area contributed by atoms with E-state index < -0.39 is 6.04 Å². The van der Waals surface area contributed by atoms with Gasteiger partial charge in [-0.3, -0.25) is 9.59 Å². The number of ether oxygens (including phenoxy) is 1. The van der Waals surface area contributed by atoms with E-state index in [4.69, 9.17) is 10.5 Å².